The van der Waals surface area contributed by atoms with Crippen LogP contribution in [-0.2, 0) is 16.6 Å². The minimum absolute atomic E-state index is 0.117. The van der Waals surface area contributed by atoms with Crippen LogP contribution in [0.15, 0.2) is 17.0 Å². The molecule has 0 saturated heterocycles. The van der Waals surface area contributed by atoms with E-state index in [1.807, 2.05) is 25.8 Å². The van der Waals surface area contributed by atoms with Gasteiger partial charge in [-0.05, 0) is 51.1 Å². The first-order valence-electron chi connectivity index (χ1n) is 6.78. The molecular formula is C14H23ClN2O3S. The van der Waals surface area contributed by atoms with Crippen LogP contribution in [0.1, 0.15) is 25.0 Å². The molecule has 1 aromatic carbocycles. The lowest BCUT2D eigenvalue weighted by Gasteiger charge is -2.21. The summed E-state index contributed by atoms with van der Waals surface area (Å²) in [5, 5.41) is 9.56. The van der Waals surface area contributed by atoms with Gasteiger partial charge in [-0.3, -0.25) is 0 Å². The summed E-state index contributed by atoms with van der Waals surface area (Å²) in [4.78, 5) is 2.17. The fraction of sp³-hybridized carbons (Fsp3) is 0.571. The van der Waals surface area contributed by atoms with E-state index in [2.05, 4.69) is 4.72 Å². The average molecular weight is 335 g/mol. The highest BCUT2D eigenvalue weighted by Crippen LogP contribution is 2.24. The second-order valence-corrected chi connectivity index (χ2v) is 7.49. The monoisotopic (exact) mass is 334 g/mol. The number of hydrogen-bond acceptors (Lipinski definition) is 4. The van der Waals surface area contributed by atoms with Crippen molar-refractivity contribution < 1.29 is 13.5 Å². The molecule has 0 aromatic heterocycles. The van der Waals surface area contributed by atoms with Gasteiger partial charge >= 0.3 is 0 Å². The van der Waals surface area contributed by atoms with Gasteiger partial charge < -0.3 is 10.0 Å². The first-order valence-corrected chi connectivity index (χ1v) is 8.65. The molecular weight excluding hydrogens is 312 g/mol. The Bertz CT molecular complexity index is 588. The van der Waals surface area contributed by atoms with Gasteiger partial charge in [0.1, 0.15) is 0 Å². The Morgan fingerprint density at radius 1 is 1.38 bits per heavy atom. The van der Waals surface area contributed by atoms with Crippen molar-refractivity contribution >= 4 is 21.6 Å². The molecule has 2 N–H and O–H groups in total. The smallest absolute Gasteiger partial charge is 0.240 e. The fourth-order valence-corrected chi connectivity index (χ4v) is 3.48. The molecule has 0 bridgehead atoms. The summed E-state index contributed by atoms with van der Waals surface area (Å²) in [5.41, 5.74) is 1.04. The zero-order valence-electron chi connectivity index (χ0n) is 12.9. The third-order valence-corrected chi connectivity index (χ3v) is 5.34. The number of rotatable bonds is 7. The zero-order valence-corrected chi connectivity index (χ0v) is 14.4. The van der Waals surface area contributed by atoms with E-state index in [1.54, 1.807) is 13.0 Å². The van der Waals surface area contributed by atoms with Crippen LogP contribution in [0.4, 0.5) is 0 Å². The highest BCUT2D eigenvalue weighted by molar-refractivity contribution is 7.89. The van der Waals surface area contributed by atoms with E-state index >= 15 is 0 Å². The van der Waals surface area contributed by atoms with Gasteiger partial charge in [-0.1, -0.05) is 11.6 Å². The first-order chi connectivity index (χ1) is 9.69. The molecule has 120 valence electrons. The van der Waals surface area contributed by atoms with Gasteiger partial charge in [-0.2, -0.15) is 0 Å². The van der Waals surface area contributed by atoms with Gasteiger partial charge in [0.05, 0.1) is 11.5 Å². The Hall–Kier alpha value is -0.660. The van der Waals surface area contributed by atoms with Crippen LogP contribution >= 0.6 is 11.6 Å². The van der Waals surface area contributed by atoms with Crippen LogP contribution < -0.4 is 4.72 Å². The molecule has 21 heavy (non-hydrogen) atoms. The van der Waals surface area contributed by atoms with Gasteiger partial charge in [0, 0.05) is 24.2 Å². The Morgan fingerprint density at radius 2 is 2.00 bits per heavy atom. The van der Waals surface area contributed by atoms with E-state index in [-0.39, 0.29) is 11.5 Å². The molecule has 0 fully saturated rings. The lowest BCUT2D eigenvalue weighted by Crippen LogP contribution is -2.36. The van der Waals surface area contributed by atoms with Crippen molar-refractivity contribution in [3.63, 3.8) is 0 Å². The van der Waals surface area contributed by atoms with Crippen molar-refractivity contribution in [1.82, 2.24) is 9.62 Å². The van der Waals surface area contributed by atoms with E-state index in [4.69, 9.17) is 11.6 Å². The summed E-state index contributed by atoms with van der Waals surface area (Å²) in [7, 11) is -1.70. The molecule has 1 rings (SSSR count). The number of sulfonamides is 1. The Balaban J connectivity index is 2.91. The van der Waals surface area contributed by atoms with Crippen LogP contribution in [0.3, 0.4) is 0 Å². The molecule has 0 heterocycles. The summed E-state index contributed by atoms with van der Waals surface area (Å²) < 4.78 is 27.3. The maximum atomic E-state index is 12.4. The predicted molar refractivity (Wildman–Crippen MR) is 85.1 cm³/mol. The fourth-order valence-electron chi connectivity index (χ4n) is 1.84. The summed E-state index contributed by atoms with van der Waals surface area (Å²) in [5.74, 6) is 0. The number of benzene rings is 1. The largest absolute Gasteiger partial charge is 0.392 e. The third-order valence-electron chi connectivity index (χ3n) is 3.53. The van der Waals surface area contributed by atoms with Crippen molar-refractivity contribution in [2.24, 2.45) is 0 Å². The maximum absolute atomic E-state index is 12.4. The number of hydrogen-bond donors (Lipinski definition) is 2. The zero-order chi connectivity index (χ0) is 16.2. The van der Waals surface area contributed by atoms with Crippen LogP contribution in [-0.4, -0.2) is 44.6 Å². The average Bonchev–Trinajstić information content (AvgIpc) is 2.40. The van der Waals surface area contributed by atoms with E-state index < -0.39 is 10.0 Å². The van der Waals surface area contributed by atoms with Crippen molar-refractivity contribution in [3.05, 3.63) is 28.3 Å². The lowest BCUT2D eigenvalue weighted by atomic mass is 10.1. The minimum atomic E-state index is -3.64. The molecule has 0 aliphatic rings. The van der Waals surface area contributed by atoms with Crippen molar-refractivity contribution in [2.75, 3.05) is 20.1 Å². The van der Waals surface area contributed by atoms with Crippen LogP contribution in [0.2, 0.25) is 5.02 Å². The van der Waals surface area contributed by atoms with Gasteiger partial charge in [-0.15, -0.1) is 0 Å². The predicted octanol–water partition coefficient (Wildman–Crippen LogP) is 1.76. The van der Waals surface area contributed by atoms with Gasteiger partial charge in [-0.25, -0.2) is 13.1 Å². The molecule has 0 amide bonds. The summed E-state index contributed by atoms with van der Waals surface area (Å²) in [6.07, 6.45) is 0. The number of aliphatic hydroxyl groups excluding tert-OH is 1. The van der Waals surface area contributed by atoms with E-state index in [0.717, 1.165) is 0 Å². The van der Waals surface area contributed by atoms with E-state index in [9.17, 15) is 13.5 Å². The van der Waals surface area contributed by atoms with Crippen LogP contribution in [0.5, 0.6) is 0 Å². The highest BCUT2D eigenvalue weighted by Gasteiger charge is 2.19. The van der Waals surface area contributed by atoms with Gasteiger partial charge in [0.15, 0.2) is 0 Å². The van der Waals surface area contributed by atoms with Crippen LogP contribution in [0, 0.1) is 6.92 Å². The number of nitrogens with zero attached hydrogens (tertiary/aromatic N) is 1. The maximum Gasteiger partial charge on any atom is 0.240 e. The summed E-state index contributed by atoms with van der Waals surface area (Å²) in [6.45, 7) is 6.44. The molecule has 0 atom stereocenters. The second kappa shape index (κ2) is 7.56. The molecule has 0 aliphatic carbocycles. The minimum Gasteiger partial charge on any atom is -0.392 e. The molecule has 0 aliphatic heterocycles. The normalized spacial score (nSPS) is 12.4. The van der Waals surface area contributed by atoms with Crippen LogP contribution in [0.25, 0.3) is 0 Å². The highest BCUT2D eigenvalue weighted by atomic mass is 35.5. The summed E-state index contributed by atoms with van der Waals surface area (Å²) >= 11 is 5.92. The third kappa shape index (κ3) is 4.93. The Kier molecular flexibility index (Phi) is 6.62. The molecule has 0 radical (unpaired) electrons. The number of aliphatic hydroxyl groups is 1. The number of nitrogens with one attached hydrogen (secondary N) is 1. The molecule has 1 aromatic rings. The summed E-state index contributed by atoms with van der Waals surface area (Å²) in [6, 6.07) is 3.33. The Labute approximate surface area is 132 Å². The van der Waals surface area contributed by atoms with Gasteiger partial charge in [0.25, 0.3) is 0 Å². The Morgan fingerprint density at radius 3 is 2.52 bits per heavy atom. The topological polar surface area (TPSA) is 69.6 Å². The van der Waals surface area contributed by atoms with Crippen molar-refractivity contribution in [2.45, 2.75) is 38.3 Å². The molecule has 0 unspecified atom stereocenters. The van der Waals surface area contributed by atoms with E-state index in [1.165, 1.54) is 6.07 Å². The lowest BCUT2D eigenvalue weighted by molar-refractivity contribution is 0.278. The first kappa shape index (κ1) is 18.4. The van der Waals surface area contributed by atoms with Gasteiger partial charge in [0.2, 0.25) is 10.0 Å². The molecule has 7 heteroatoms. The SMILES string of the molecule is Cc1c(CO)cc(Cl)cc1S(=O)(=O)NCCN(C)C(C)C. The quantitative estimate of drug-likeness (QED) is 0.797. The van der Waals surface area contributed by atoms with E-state index in [0.29, 0.717) is 35.3 Å². The van der Waals surface area contributed by atoms with Crippen molar-refractivity contribution in [1.29, 1.82) is 0 Å². The molecule has 5 nitrogen and oxygen atoms in total. The molecule has 0 saturated carbocycles. The standard InChI is InChI=1S/C14H23ClN2O3S/c1-10(2)17(4)6-5-16-21(19,20)14-8-13(15)7-12(9-18)11(14)3/h7-8,10,16,18H,5-6,9H2,1-4H3. The molecule has 0 spiro atoms. The van der Waals surface area contributed by atoms with Crippen molar-refractivity contribution in [3.8, 4) is 0 Å². The second-order valence-electron chi connectivity index (χ2n) is 5.32. The number of likely N-dealkylation sites (N-methyl/N-ethyl adjacent to an activating group) is 1. The number of halogens is 1.